The molecule has 10 nitrogen and oxygen atoms in total. The van der Waals surface area contributed by atoms with E-state index < -0.39 is 0 Å². The van der Waals surface area contributed by atoms with E-state index in [0.717, 1.165) is 66.8 Å². The minimum absolute atomic E-state index is 0.0966. The third kappa shape index (κ3) is 18.0. The van der Waals surface area contributed by atoms with Crippen LogP contribution in [0, 0.1) is 0 Å². The highest BCUT2D eigenvalue weighted by Crippen LogP contribution is 2.47. The first-order valence-corrected chi connectivity index (χ1v) is 37.9. The Kier molecular flexibility index (Phi) is 22.0. The molecule has 0 radical (unpaired) electrons. The van der Waals surface area contributed by atoms with Gasteiger partial charge in [0.05, 0.1) is 26.4 Å². The van der Waals surface area contributed by atoms with Gasteiger partial charge >= 0.3 is 0 Å². The van der Waals surface area contributed by atoms with Gasteiger partial charge in [0.2, 0.25) is 0 Å². The van der Waals surface area contributed by atoms with Crippen LogP contribution < -0.4 is 9.47 Å². The van der Waals surface area contributed by atoms with Crippen molar-refractivity contribution in [1.82, 2.24) is 0 Å². The van der Waals surface area contributed by atoms with Gasteiger partial charge in [-0.3, -0.25) is 0 Å². The van der Waals surface area contributed by atoms with Crippen molar-refractivity contribution in [1.29, 1.82) is 0 Å². The fraction of sp³-hybridized carbons (Fsp3) is 0.489. The number of phenols is 6. The lowest BCUT2D eigenvalue weighted by molar-refractivity contribution is 0.0270. The largest absolute Gasteiger partial charge is 0.507 e. The third-order valence-corrected chi connectivity index (χ3v) is 21.4. The van der Waals surface area contributed by atoms with Crippen LogP contribution in [0.1, 0.15) is 300 Å². The summed E-state index contributed by atoms with van der Waals surface area (Å²) in [6.45, 7) is 53.9. The van der Waals surface area contributed by atoms with Gasteiger partial charge in [0.15, 0.2) is 0 Å². The fourth-order valence-corrected chi connectivity index (χ4v) is 14.4. The molecule has 0 amide bonds. The predicted octanol–water partition coefficient (Wildman–Crippen LogP) is 21.1. The molecule has 0 atom stereocenters. The van der Waals surface area contributed by atoms with Crippen molar-refractivity contribution < 1.29 is 49.6 Å². The Labute approximate surface area is 623 Å². The highest BCUT2D eigenvalue weighted by molar-refractivity contribution is 5.62. The summed E-state index contributed by atoms with van der Waals surface area (Å²) in [5.41, 5.74) is 17.0. The van der Waals surface area contributed by atoms with Gasteiger partial charge in [-0.15, -0.1) is 0 Å². The molecule has 2 aliphatic rings. The number of rotatable bonds is 0. The van der Waals surface area contributed by atoms with Crippen LogP contribution in [0.25, 0.3) is 0 Å². The zero-order valence-corrected chi connectivity index (χ0v) is 67.5. The van der Waals surface area contributed by atoms with Gasteiger partial charge in [0.1, 0.15) is 59.2 Å². The number of benzene rings is 8. The van der Waals surface area contributed by atoms with E-state index in [1.165, 1.54) is 0 Å². The Balaban J connectivity index is 1.31. The molecule has 2 heterocycles. The van der Waals surface area contributed by atoms with E-state index in [4.69, 9.17) is 18.9 Å². The molecule has 0 fully saturated rings. The van der Waals surface area contributed by atoms with Gasteiger partial charge < -0.3 is 49.6 Å². The first kappa shape index (κ1) is 78.7. The molecule has 10 rings (SSSR count). The first-order valence-electron chi connectivity index (χ1n) is 37.9. The van der Waals surface area contributed by atoms with Gasteiger partial charge in [-0.25, -0.2) is 0 Å². The Bertz CT molecular complexity index is 4230. The molecular formula is C94H122O10. The van der Waals surface area contributed by atoms with Crippen molar-refractivity contribution >= 4 is 0 Å². The molecular weight excluding hydrogens is 1290 g/mol. The number of hydrogen-bond donors (Lipinski definition) is 6. The van der Waals surface area contributed by atoms with Crippen molar-refractivity contribution in [3.05, 3.63) is 231 Å². The number of aromatic hydroxyl groups is 6. The molecule has 14 bridgehead atoms. The van der Waals surface area contributed by atoms with Crippen molar-refractivity contribution in [3.63, 3.8) is 0 Å². The molecule has 10 heteroatoms. The Morgan fingerprint density at radius 1 is 0.183 bits per heavy atom. The number of ether oxygens (including phenoxy) is 4. The van der Waals surface area contributed by atoms with Crippen molar-refractivity contribution in [2.24, 2.45) is 0 Å². The molecule has 8 aromatic rings. The molecule has 0 aromatic heterocycles. The summed E-state index contributed by atoms with van der Waals surface area (Å²) >= 11 is 0. The van der Waals surface area contributed by atoms with Crippen LogP contribution in [0.4, 0.5) is 0 Å². The van der Waals surface area contributed by atoms with Crippen molar-refractivity contribution in [3.8, 4) is 46.0 Å². The van der Waals surface area contributed by atoms with E-state index in [-0.39, 0.29) is 143 Å². The minimum atomic E-state index is -0.361. The van der Waals surface area contributed by atoms with Crippen LogP contribution in [0.2, 0.25) is 0 Å². The lowest BCUT2D eigenvalue weighted by Crippen LogP contribution is -2.17. The van der Waals surface area contributed by atoms with Crippen LogP contribution in [-0.2, 0) is 104 Å². The summed E-state index contributed by atoms with van der Waals surface area (Å²) in [5.74, 6) is 2.00. The summed E-state index contributed by atoms with van der Waals surface area (Å²) in [4.78, 5) is 0. The maximum absolute atomic E-state index is 13.2. The zero-order valence-electron chi connectivity index (χ0n) is 67.5. The van der Waals surface area contributed by atoms with Gasteiger partial charge in [0.25, 0.3) is 0 Å². The number of fused-ring (bicyclic) bond motifs is 21. The SMILES string of the molecule is CC(C)(C)c1cc2c(O)c(c1)Cc1cc(C(C)(C)C)cc(c1O)Cc1cc(C(C)(C)C)cc3c1OCCOCCOCCOc1c(cc(C(C)(C)C)cc1Cc1cc(C(C)(C)C)cc(c1O)Cc1cc(C(C)(C)C)cc(c1O)C3)Cc1cc(C(C)(C)C)cc(c1O)Cc1cc(C(C)(C)C)cc(c1O)C2. The quantitative estimate of drug-likeness (QED) is 0.0808. The molecule has 558 valence electrons. The normalized spacial score (nSPS) is 15.3. The average molecular weight is 1410 g/mol. The first-order chi connectivity index (χ1) is 48.0. The second kappa shape index (κ2) is 29.1. The van der Waals surface area contributed by atoms with E-state index >= 15 is 0 Å². The molecule has 104 heavy (non-hydrogen) atoms. The lowest BCUT2D eigenvalue weighted by atomic mass is 9.79. The standard InChI is InChI=1S/C94H122O10/c1-87(2,3)71-39-55-31-56-40-72(88(4,5)6)42-58(80(56)96)33-60-44-74(90(10,11)12)48-64(82(60)98)36-68-52-78(94(22,23)24)54-70-38-66-50-76(92(16,17)18)46-62(84(66)100)34-61-45-75(91(13,14)15)49-65(83(61)99)37-69-53-77(93(19,20)21)51-67(85(69)103-29-27-101-25-26-102-28-30-104-86(68)70)35-63-47-73(89(7,8)9)43-59(81(63)97)32-57(41-71)79(55)95/h39-54,95-100H,25-38H2,1-24H3. The molecule has 0 aliphatic carbocycles. The molecule has 0 spiro atoms. The average Bonchev–Trinajstić information content (AvgIpc) is 0.778. The Hall–Kier alpha value is -7.92. The van der Waals surface area contributed by atoms with Gasteiger partial charge in [0, 0.05) is 51.4 Å². The minimum Gasteiger partial charge on any atom is -0.507 e. The number of phenolic OH excluding ortho intramolecular Hbond substituents is 6. The second-order valence-corrected chi connectivity index (χ2v) is 38.4. The number of hydrogen-bond acceptors (Lipinski definition) is 10. The Morgan fingerprint density at radius 2 is 0.298 bits per heavy atom. The molecule has 0 unspecified atom stereocenters. The molecule has 0 saturated heterocycles. The summed E-state index contributed by atoms with van der Waals surface area (Å²) < 4.78 is 26.9. The van der Waals surface area contributed by atoms with E-state index in [0.29, 0.717) is 104 Å². The van der Waals surface area contributed by atoms with Crippen LogP contribution in [0.15, 0.2) is 97.1 Å². The van der Waals surface area contributed by atoms with Gasteiger partial charge in [-0.2, -0.15) is 0 Å². The van der Waals surface area contributed by atoms with E-state index in [9.17, 15) is 30.6 Å². The van der Waals surface area contributed by atoms with E-state index in [1.54, 1.807) is 0 Å². The topological polar surface area (TPSA) is 158 Å². The second-order valence-electron chi connectivity index (χ2n) is 38.4. The maximum Gasteiger partial charge on any atom is 0.126 e. The smallest absolute Gasteiger partial charge is 0.126 e. The molecule has 2 aliphatic heterocycles. The highest BCUT2D eigenvalue weighted by Gasteiger charge is 2.32. The fourth-order valence-electron chi connectivity index (χ4n) is 14.4. The Morgan fingerprint density at radius 3 is 0.433 bits per heavy atom. The van der Waals surface area contributed by atoms with Crippen LogP contribution in [-0.4, -0.2) is 70.3 Å². The van der Waals surface area contributed by atoms with E-state index in [2.05, 4.69) is 263 Å². The van der Waals surface area contributed by atoms with Crippen molar-refractivity contribution in [2.45, 2.75) is 261 Å². The highest BCUT2D eigenvalue weighted by atomic mass is 16.6. The summed E-state index contributed by atoms with van der Waals surface area (Å²) in [5, 5.41) is 78.5. The summed E-state index contributed by atoms with van der Waals surface area (Å²) in [6, 6.07) is 34.0. The van der Waals surface area contributed by atoms with Gasteiger partial charge in [-0.1, -0.05) is 263 Å². The summed E-state index contributed by atoms with van der Waals surface area (Å²) in [6.07, 6.45) is 1.98. The predicted molar refractivity (Wildman–Crippen MR) is 426 cm³/mol. The monoisotopic (exact) mass is 1410 g/mol. The summed E-state index contributed by atoms with van der Waals surface area (Å²) in [7, 11) is 0. The van der Waals surface area contributed by atoms with Crippen LogP contribution in [0.5, 0.6) is 46.0 Å². The molecule has 0 saturated carbocycles. The van der Waals surface area contributed by atoms with E-state index in [1.807, 2.05) is 0 Å². The lowest BCUT2D eigenvalue weighted by Gasteiger charge is -2.27. The van der Waals surface area contributed by atoms with Crippen molar-refractivity contribution in [2.75, 3.05) is 39.6 Å². The molecule has 6 N–H and O–H groups in total. The third-order valence-electron chi connectivity index (χ3n) is 21.4. The molecule has 8 aromatic carbocycles. The van der Waals surface area contributed by atoms with Crippen LogP contribution in [0.3, 0.4) is 0 Å². The van der Waals surface area contributed by atoms with Crippen LogP contribution >= 0.6 is 0 Å². The van der Waals surface area contributed by atoms with Gasteiger partial charge in [-0.05, 0) is 177 Å². The maximum atomic E-state index is 13.2. The zero-order chi connectivity index (χ0) is 76.5.